The summed E-state index contributed by atoms with van der Waals surface area (Å²) in [5.41, 5.74) is 0.636. The van der Waals surface area contributed by atoms with Gasteiger partial charge in [0.25, 0.3) is 17.7 Å². The molecule has 4 rings (SSSR count). The number of ether oxygens (including phenoxy) is 1. The molecule has 0 spiro atoms. The van der Waals surface area contributed by atoms with Gasteiger partial charge in [-0.3, -0.25) is 19.7 Å². The van der Waals surface area contributed by atoms with E-state index in [0.29, 0.717) is 16.3 Å². The molecule has 0 saturated carbocycles. The zero-order valence-corrected chi connectivity index (χ0v) is 18.8. The number of imide groups is 2. The molecule has 0 atom stereocenters. The lowest BCUT2D eigenvalue weighted by molar-refractivity contribution is -0.122. The van der Waals surface area contributed by atoms with Crippen molar-refractivity contribution < 1.29 is 29.0 Å². The van der Waals surface area contributed by atoms with Crippen molar-refractivity contribution in [3.8, 4) is 11.5 Å². The minimum absolute atomic E-state index is 0.0462. The van der Waals surface area contributed by atoms with E-state index in [1.807, 2.05) is 0 Å². The summed E-state index contributed by atoms with van der Waals surface area (Å²) in [7, 11) is 0. The lowest BCUT2D eigenvalue weighted by atomic mass is 10.1. The number of halogens is 1. The van der Waals surface area contributed by atoms with Crippen molar-refractivity contribution >= 4 is 52.8 Å². The maximum atomic E-state index is 13.0. The number of anilines is 2. The van der Waals surface area contributed by atoms with Gasteiger partial charge in [-0.05, 0) is 48.5 Å². The molecule has 35 heavy (non-hydrogen) atoms. The van der Waals surface area contributed by atoms with Crippen molar-refractivity contribution in [1.29, 1.82) is 0 Å². The summed E-state index contributed by atoms with van der Waals surface area (Å²) >= 11 is 6.05. The lowest BCUT2D eigenvalue weighted by Crippen LogP contribution is -2.54. The Bertz CT molecular complexity index is 1350. The number of hydrogen-bond acceptors (Lipinski definition) is 6. The molecule has 1 fully saturated rings. The number of carbonyl (C=O) groups is 4. The molecule has 0 aliphatic carbocycles. The Morgan fingerprint density at radius 2 is 1.69 bits per heavy atom. The fourth-order valence-electron chi connectivity index (χ4n) is 3.27. The van der Waals surface area contributed by atoms with E-state index < -0.39 is 23.8 Å². The second-order valence-corrected chi connectivity index (χ2v) is 7.74. The van der Waals surface area contributed by atoms with E-state index in [1.54, 1.807) is 48.5 Å². The first-order chi connectivity index (χ1) is 16.8. The Kier molecular flexibility index (Phi) is 6.79. The van der Waals surface area contributed by atoms with Crippen LogP contribution in [0.15, 0.2) is 78.4 Å². The highest BCUT2D eigenvalue weighted by atomic mass is 35.5. The zero-order chi connectivity index (χ0) is 24.9. The molecule has 3 aromatic carbocycles. The SMILES string of the molecule is O=C(COc1ccccc1/C=C1/C(=O)NC(=O)N(c2ccc(O)cc2)C1=O)Nc1ccccc1Cl. The monoisotopic (exact) mass is 491 g/mol. The molecule has 1 heterocycles. The minimum atomic E-state index is -0.913. The van der Waals surface area contributed by atoms with Gasteiger partial charge in [0.2, 0.25) is 0 Å². The maximum Gasteiger partial charge on any atom is 0.335 e. The van der Waals surface area contributed by atoms with E-state index >= 15 is 0 Å². The molecule has 1 aliphatic heterocycles. The summed E-state index contributed by atoms with van der Waals surface area (Å²) in [6, 6.07) is 17.7. The third-order valence-electron chi connectivity index (χ3n) is 4.94. The first-order valence-electron chi connectivity index (χ1n) is 10.3. The largest absolute Gasteiger partial charge is 0.508 e. The van der Waals surface area contributed by atoms with Crippen molar-refractivity contribution in [3.63, 3.8) is 0 Å². The smallest absolute Gasteiger partial charge is 0.335 e. The molecule has 9 nitrogen and oxygen atoms in total. The van der Waals surface area contributed by atoms with Crippen molar-refractivity contribution in [2.45, 2.75) is 0 Å². The maximum absolute atomic E-state index is 13.0. The van der Waals surface area contributed by atoms with Crippen LogP contribution in [0.1, 0.15) is 5.56 Å². The Morgan fingerprint density at radius 1 is 1.00 bits per heavy atom. The topological polar surface area (TPSA) is 125 Å². The third kappa shape index (κ3) is 5.31. The number of amides is 5. The van der Waals surface area contributed by atoms with Crippen LogP contribution in [0.25, 0.3) is 6.08 Å². The number of nitrogens with zero attached hydrogens (tertiary/aromatic N) is 1. The summed E-state index contributed by atoms with van der Waals surface area (Å²) in [6.45, 7) is -0.357. The molecule has 0 aromatic heterocycles. The number of aromatic hydroxyl groups is 1. The van der Waals surface area contributed by atoms with Crippen molar-refractivity contribution in [2.24, 2.45) is 0 Å². The van der Waals surface area contributed by atoms with E-state index in [0.717, 1.165) is 4.90 Å². The van der Waals surface area contributed by atoms with Gasteiger partial charge < -0.3 is 15.2 Å². The van der Waals surface area contributed by atoms with Crippen molar-refractivity contribution in [3.05, 3.63) is 89.0 Å². The molecule has 1 saturated heterocycles. The number of hydrogen-bond donors (Lipinski definition) is 3. The summed E-state index contributed by atoms with van der Waals surface area (Å²) in [6.07, 6.45) is 1.28. The first kappa shape index (κ1) is 23.5. The number of phenols is 1. The van der Waals surface area contributed by atoms with Crippen LogP contribution < -0.4 is 20.3 Å². The van der Waals surface area contributed by atoms with Gasteiger partial charge in [-0.25, -0.2) is 9.69 Å². The van der Waals surface area contributed by atoms with E-state index in [2.05, 4.69) is 10.6 Å². The summed E-state index contributed by atoms with van der Waals surface area (Å²) in [5, 5.41) is 14.6. The molecule has 0 unspecified atom stereocenters. The number of nitrogens with one attached hydrogen (secondary N) is 2. The molecule has 1 aliphatic rings. The Hall–Kier alpha value is -4.63. The fourth-order valence-corrected chi connectivity index (χ4v) is 3.46. The van der Waals surface area contributed by atoms with Gasteiger partial charge in [-0.1, -0.05) is 41.9 Å². The Morgan fingerprint density at radius 3 is 2.43 bits per heavy atom. The van der Waals surface area contributed by atoms with Crippen LogP contribution in [-0.2, 0) is 14.4 Å². The highest BCUT2D eigenvalue weighted by molar-refractivity contribution is 6.39. The van der Waals surface area contributed by atoms with Gasteiger partial charge in [0.1, 0.15) is 17.1 Å². The molecule has 10 heteroatoms. The number of rotatable bonds is 6. The van der Waals surface area contributed by atoms with Crippen LogP contribution in [0.2, 0.25) is 5.02 Å². The number of barbiturate groups is 1. The quantitative estimate of drug-likeness (QED) is 0.356. The summed E-state index contributed by atoms with van der Waals surface area (Å²) < 4.78 is 5.62. The van der Waals surface area contributed by atoms with Crippen LogP contribution in [0.5, 0.6) is 11.5 Å². The van der Waals surface area contributed by atoms with Gasteiger partial charge in [-0.2, -0.15) is 0 Å². The van der Waals surface area contributed by atoms with E-state index in [-0.39, 0.29) is 29.4 Å². The number of urea groups is 1. The highest BCUT2D eigenvalue weighted by Gasteiger charge is 2.37. The molecule has 3 aromatic rings. The van der Waals surface area contributed by atoms with Gasteiger partial charge >= 0.3 is 6.03 Å². The van der Waals surface area contributed by atoms with Crippen molar-refractivity contribution in [2.75, 3.05) is 16.8 Å². The molecule has 3 N–H and O–H groups in total. The number of carbonyl (C=O) groups excluding carboxylic acids is 4. The van der Waals surface area contributed by atoms with Crippen LogP contribution in [0.4, 0.5) is 16.2 Å². The predicted molar refractivity (Wildman–Crippen MR) is 129 cm³/mol. The summed E-state index contributed by atoms with van der Waals surface area (Å²) in [5.74, 6) is -1.99. The highest BCUT2D eigenvalue weighted by Crippen LogP contribution is 2.27. The van der Waals surface area contributed by atoms with Crippen LogP contribution in [0.3, 0.4) is 0 Å². The zero-order valence-electron chi connectivity index (χ0n) is 18.0. The minimum Gasteiger partial charge on any atom is -0.508 e. The van der Waals surface area contributed by atoms with Crippen molar-refractivity contribution in [1.82, 2.24) is 5.32 Å². The number of benzene rings is 3. The van der Waals surface area contributed by atoms with Crippen LogP contribution in [0, 0.1) is 0 Å². The average molecular weight is 492 g/mol. The van der Waals surface area contributed by atoms with E-state index in [1.165, 1.54) is 30.3 Å². The second-order valence-electron chi connectivity index (χ2n) is 7.33. The molecular formula is C25H18ClN3O6. The van der Waals surface area contributed by atoms with Gasteiger partial charge in [0.05, 0.1) is 16.4 Å². The standard InChI is InChI=1S/C25H18ClN3O6/c26-19-6-2-3-7-20(19)27-22(31)14-35-21-8-4-1-5-15(21)13-18-23(32)28-25(34)29(24(18)33)16-9-11-17(30)12-10-16/h1-13,30H,14H2,(H,27,31)(H,28,32,34)/b18-13-. The molecular weight excluding hydrogens is 474 g/mol. The molecule has 0 radical (unpaired) electrons. The fraction of sp³-hybridized carbons (Fsp3) is 0.0400. The predicted octanol–water partition coefficient (Wildman–Crippen LogP) is 3.73. The Balaban J connectivity index is 1.55. The van der Waals surface area contributed by atoms with E-state index in [4.69, 9.17) is 16.3 Å². The van der Waals surface area contributed by atoms with Gasteiger partial charge in [-0.15, -0.1) is 0 Å². The first-order valence-corrected chi connectivity index (χ1v) is 10.7. The molecule has 0 bridgehead atoms. The van der Waals surface area contributed by atoms with Gasteiger partial charge in [0, 0.05) is 5.56 Å². The second kappa shape index (κ2) is 10.1. The normalized spacial score (nSPS) is 14.6. The number of para-hydroxylation sites is 2. The third-order valence-corrected chi connectivity index (χ3v) is 5.26. The van der Waals surface area contributed by atoms with Crippen LogP contribution >= 0.6 is 11.6 Å². The van der Waals surface area contributed by atoms with E-state index in [9.17, 15) is 24.3 Å². The average Bonchev–Trinajstić information content (AvgIpc) is 2.83. The van der Waals surface area contributed by atoms with Gasteiger partial charge in [0.15, 0.2) is 6.61 Å². The number of phenolic OH excluding ortho intramolecular Hbond substituents is 1. The molecule has 176 valence electrons. The Labute approximate surface area is 204 Å². The van der Waals surface area contributed by atoms with Crippen LogP contribution in [-0.4, -0.2) is 35.5 Å². The lowest BCUT2D eigenvalue weighted by Gasteiger charge is -2.26. The molecule has 5 amide bonds. The summed E-state index contributed by atoms with van der Waals surface area (Å²) in [4.78, 5) is 50.9.